The molecule has 16 nitrogen and oxygen atoms in total. The minimum absolute atomic E-state index is 0. The molecular formula is C28H27ClFN9O7. The van der Waals surface area contributed by atoms with Crippen LogP contribution in [0.25, 0.3) is 5.65 Å². The lowest BCUT2D eigenvalue weighted by Crippen LogP contribution is -2.36. The number of carboxylic acids is 1. The van der Waals surface area contributed by atoms with E-state index in [0.717, 1.165) is 10.5 Å². The van der Waals surface area contributed by atoms with Crippen molar-refractivity contribution in [2.24, 2.45) is 5.73 Å². The first-order valence-corrected chi connectivity index (χ1v) is 12.8. The number of carbonyl (C=O) groups excluding carboxylic acids is 2. The minimum atomic E-state index is -1.32. The molecule has 0 aliphatic heterocycles. The van der Waals surface area contributed by atoms with Crippen LogP contribution >= 0.6 is 12.4 Å². The van der Waals surface area contributed by atoms with Crippen LogP contribution < -0.4 is 44.4 Å². The van der Waals surface area contributed by atoms with Crippen molar-refractivity contribution in [1.29, 1.82) is 0 Å². The second-order valence-corrected chi connectivity index (χ2v) is 9.31. The zero-order valence-corrected chi connectivity index (χ0v) is 24.7. The third-order valence-corrected chi connectivity index (χ3v) is 6.40. The Hall–Kier alpha value is -6.07. The summed E-state index contributed by atoms with van der Waals surface area (Å²) in [6, 6.07) is 11.8. The highest BCUT2D eigenvalue weighted by Gasteiger charge is 2.21. The van der Waals surface area contributed by atoms with Crippen molar-refractivity contribution in [1.82, 2.24) is 19.7 Å². The second-order valence-electron chi connectivity index (χ2n) is 9.31. The van der Waals surface area contributed by atoms with Crippen LogP contribution in [0.2, 0.25) is 0 Å². The number of fused-ring (bicyclic) bond motifs is 1. The maximum absolute atomic E-state index is 13.4. The average molecular weight is 656 g/mol. The van der Waals surface area contributed by atoms with E-state index in [2.05, 4.69) is 25.3 Å². The first-order valence-electron chi connectivity index (χ1n) is 12.8. The highest BCUT2D eigenvalue weighted by Crippen LogP contribution is 2.22. The Kier molecular flexibility index (Phi) is 10.6. The summed E-state index contributed by atoms with van der Waals surface area (Å²) in [5.74, 6) is -3.17. The summed E-state index contributed by atoms with van der Waals surface area (Å²) in [5, 5.41) is 14.5. The number of rotatable bonds is 8. The number of amides is 1. The number of nitrogens with one attached hydrogen (secondary N) is 2. The Labute approximate surface area is 264 Å². The van der Waals surface area contributed by atoms with Crippen LogP contribution in [0, 0.1) is 5.82 Å². The van der Waals surface area contributed by atoms with Gasteiger partial charge in [0.25, 0.3) is 16.8 Å². The van der Waals surface area contributed by atoms with Gasteiger partial charge < -0.3 is 43.4 Å². The Bertz CT molecular complexity index is 2020. The molecule has 240 valence electrons. The van der Waals surface area contributed by atoms with Crippen LogP contribution in [0.5, 0.6) is 0 Å². The maximum atomic E-state index is 13.4. The molecule has 0 spiro atoms. The average Bonchev–Trinajstić information content (AvgIpc) is 3.34. The van der Waals surface area contributed by atoms with Crippen molar-refractivity contribution in [2.75, 3.05) is 29.6 Å². The van der Waals surface area contributed by atoms with Gasteiger partial charge in [0, 0.05) is 19.2 Å². The summed E-state index contributed by atoms with van der Waals surface area (Å²) in [4.78, 5) is 65.2. The number of halogens is 2. The molecule has 1 amide bonds. The van der Waals surface area contributed by atoms with E-state index >= 15 is 0 Å². The molecule has 0 radical (unpaired) electrons. The predicted molar refractivity (Wildman–Crippen MR) is 168 cm³/mol. The number of aromatic carboxylic acids is 1. The molecule has 11 N–H and O–H groups in total. The quantitative estimate of drug-likeness (QED) is 0.0905. The summed E-state index contributed by atoms with van der Waals surface area (Å²) in [5.41, 5.74) is 21.8. The molecule has 0 bridgehead atoms. The number of benzene rings is 2. The number of nitrogen functional groups attached to an aromatic ring is 3. The van der Waals surface area contributed by atoms with Crippen molar-refractivity contribution >= 4 is 64.7 Å². The van der Waals surface area contributed by atoms with E-state index in [9.17, 15) is 33.5 Å². The molecule has 2 aromatic heterocycles. The minimum Gasteiger partial charge on any atom is -0.477 e. The molecule has 5 aromatic rings. The second kappa shape index (κ2) is 14.1. The van der Waals surface area contributed by atoms with Gasteiger partial charge >= 0.3 is 11.9 Å². The third kappa shape index (κ3) is 7.01. The summed E-state index contributed by atoms with van der Waals surface area (Å²) in [6.45, 7) is 0.378. The monoisotopic (exact) mass is 655 g/mol. The Morgan fingerprint density at radius 2 is 1.63 bits per heavy atom. The van der Waals surface area contributed by atoms with Crippen LogP contribution in [-0.4, -0.2) is 44.4 Å². The number of aromatic nitrogens is 3. The van der Waals surface area contributed by atoms with Gasteiger partial charge in [-0.1, -0.05) is 18.2 Å². The molecule has 0 unspecified atom stereocenters. The van der Waals surface area contributed by atoms with E-state index in [-0.39, 0.29) is 71.4 Å². The van der Waals surface area contributed by atoms with Crippen molar-refractivity contribution in [3.63, 3.8) is 0 Å². The number of esters is 1. The third-order valence-electron chi connectivity index (χ3n) is 6.40. The number of ether oxygens (including phenoxy) is 1. The maximum Gasteiger partial charge on any atom is 0.353 e. The van der Waals surface area contributed by atoms with E-state index in [0.29, 0.717) is 16.7 Å². The molecule has 0 saturated heterocycles. The Morgan fingerprint density at radius 1 is 0.978 bits per heavy atom. The van der Waals surface area contributed by atoms with E-state index in [1.807, 2.05) is 0 Å². The van der Waals surface area contributed by atoms with Gasteiger partial charge in [-0.25, -0.2) is 19.0 Å². The fraction of sp³-hybridized carbons (Fsp3) is 0.107. The molecule has 0 aliphatic rings. The molecule has 2 heterocycles. The number of carboxylic acid groups (broad SMARTS) is 1. The van der Waals surface area contributed by atoms with Crippen molar-refractivity contribution < 1.29 is 28.6 Å². The summed E-state index contributed by atoms with van der Waals surface area (Å²) < 4.78 is 19.1. The van der Waals surface area contributed by atoms with E-state index < -0.39 is 34.5 Å². The fourth-order valence-electron chi connectivity index (χ4n) is 4.02. The molecule has 0 atom stereocenters. The first kappa shape index (κ1) is 34.4. The van der Waals surface area contributed by atoms with Crippen LogP contribution in [-0.2, 0) is 17.8 Å². The van der Waals surface area contributed by atoms with Gasteiger partial charge in [0.2, 0.25) is 5.95 Å². The first-order chi connectivity index (χ1) is 21.4. The molecule has 46 heavy (non-hydrogen) atoms. The Morgan fingerprint density at radius 3 is 2.22 bits per heavy atom. The van der Waals surface area contributed by atoms with Crippen LogP contribution in [0.1, 0.15) is 42.5 Å². The zero-order valence-electron chi connectivity index (χ0n) is 23.9. The lowest BCUT2D eigenvalue weighted by molar-refractivity contribution is 0.0599. The number of hydrogen-bond donors (Lipinski definition) is 7. The molecule has 18 heteroatoms. The van der Waals surface area contributed by atoms with Crippen LogP contribution in [0.4, 0.5) is 33.2 Å². The van der Waals surface area contributed by atoms with Crippen molar-refractivity contribution in [3.05, 3.63) is 103 Å². The number of anilines is 5. The molecule has 3 aromatic carbocycles. The van der Waals surface area contributed by atoms with Crippen LogP contribution in [0.15, 0.2) is 58.1 Å². The highest BCUT2D eigenvalue weighted by molar-refractivity contribution is 5.97. The SMILES string of the molecule is COC(=O)c1ccc(CNC(=O)c2cc(C(=O)O)n3c(N)nc(N)c3n2)cc1.Cl.NCc1ccc(F)c(Nc2c(N)c(=O)c2=O)c1. The molecule has 0 aliphatic carbocycles. The zero-order chi connectivity index (χ0) is 33.0. The number of methoxy groups -OCH3 is 1. The number of nitrogens with zero attached hydrogens (tertiary/aromatic N) is 3. The Balaban J connectivity index is 0.000000274. The summed E-state index contributed by atoms with van der Waals surface area (Å²) in [7, 11) is 1.28. The smallest absolute Gasteiger partial charge is 0.353 e. The molecular weight excluding hydrogens is 629 g/mol. The number of nitrogens with two attached hydrogens (primary N) is 4. The number of hydrogen-bond acceptors (Lipinski definition) is 13. The van der Waals surface area contributed by atoms with E-state index in [1.165, 1.54) is 25.3 Å². The fourth-order valence-corrected chi connectivity index (χ4v) is 4.02. The summed E-state index contributed by atoms with van der Waals surface area (Å²) >= 11 is 0. The van der Waals surface area contributed by atoms with Gasteiger partial charge in [0.15, 0.2) is 11.5 Å². The standard InChI is InChI=1S/C17H16N6O5.C11H10FN3O2.ClH/c1-28-16(27)9-4-2-8(3-5-9)7-20-14(24)10-6-11(15(25)26)23-13(21-10)12(18)22-17(23)19;12-6-2-1-5(4-13)3-7(6)15-9-8(14)10(16)11(9)17;/h2-6H,7,18H2,1H3,(H2,19,22)(H,20,24)(H,25,26);1-3,15H,4,13-14H2;1H. The lowest BCUT2D eigenvalue weighted by atomic mass is 10.1. The number of imidazole rings is 1. The van der Waals surface area contributed by atoms with Gasteiger partial charge in [-0.2, -0.15) is 4.98 Å². The topological polar surface area (TPSA) is 273 Å². The van der Waals surface area contributed by atoms with Crippen molar-refractivity contribution in [3.8, 4) is 0 Å². The number of carbonyl (C=O) groups is 3. The molecule has 0 saturated carbocycles. The van der Waals surface area contributed by atoms with Gasteiger partial charge in [0.1, 0.15) is 28.6 Å². The summed E-state index contributed by atoms with van der Waals surface area (Å²) in [6.07, 6.45) is 0. The highest BCUT2D eigenvalue weighted by atomic mass is 35.5. The van der Waals surface area contributed by atoms with Crippen LogP contribution in [0.3, 0.4) is 0 Å². The van der Waals surface area contributed by atoms with E-state index in [4.69, 9.17) is 22.9 Å². The van der Waals surface area contributed by atoms with E-state index in [1.54, 1.807) is 24.3 Å². The molecule has 5 rings (SSSR count). The van der Waals surface area contributed by atoms with Gasteiger partial charge in [-0.05, 0) is 35.4 Å². The normalized spacial score (nSPS) is 10.4. The predicted octanol–water partition coefficient (Wildman–Crippen LogP) is 0.937. The lowest BCUT2D eigenvalue weighted by Gasteiger charge is -2.11. The van der Waals surface area contributed by atoms with Gasteiger partial charge in [-0.15, -0.1) is 12.4 Å². The molecule has 0 fully saturated rings. The van der Waals surface area contributed by atoms with Gasteiger partial charge in [0.05, 0.1) is 18.4 Å². The largest absolute Gasteiger partial charge is 0.477 e. The van der Waals surface area contributed by atoms with Crippen molar-refractivity contribution in [2.45, 2.75) is 13.1 Å². The van der Waals surface area contributed by atoms with Gasteiger partial charge in [-0.3, -0.25) is 18.8 Å².